The summed E-state index contributed by atoms with van der Waals surface area (Å²) in [7, 11) is 0. The average Bonchev–Trinajstić information content (AvgIpc) is 2.63. The molecule has 1 atom stereocenters. The van der Waals surface area contributed by atoms with Crippen molar-refractivity contribution in [3.8, 4) is 0 Å². The molecule has 0 aromatic heterocycles. The zero-order chi connectivity index (χ0) is 15.6. The van der Waals surface area contributed by atoms with Crippen LogP contribution in [0.2, 0.25) is 0 Å². The maximum Gasteiger partial charge on any atom is 0.255 e. The minimum atomic E-state index is -0.410. The summed E-state index contributed by atoms with van der Waals surface area (Å²) in [5.41, 5.74) is 6.68. The molecule has 3 nitrogen and oxygen atoms in total. The van der Waals surface area contributed by atoms with E-state index in [1.807, 2.05) is 4.90 Å². The molecule has 1 aliphatic heterocycles. The number of benzene rings is 1. The van der Waals surface area contributed by atoms with E-state index in [2.05, 4.69) is 20.8 Å². The number of rotatable bonds is 1. The van der Waals surface area contributed by atoms with Gasteiger partial charge < -0.3 is 10.6 Å². The lowest BCUT2D eigenvalue weighted by molar-refractivity contribution is 0.0756. The van der Waals surface area contributed by atoms with Gasteiger partial charge in [-0.3, -0.25) is 4.79 Å². The first-order valence-electron chi connectivity index (χ1n) is 7.63. The van der Waals surface area contributed by atoms with Gasteiger partial charge in [0.1, 0.15) is 5.82 Å². The van der Waals surface area contributed by atoms with Crippen molar-refractivity contribution < 1.29 is 9.18 Å². The van der Waals surface area contributed by atoms with E-state index in [0.29, 0.717) is 11.5 Å². The van der Waals surface area contributed by atoms with Crippen LogP contribution in [0, 0.1) is 17.2 Å². The fraction of sp³-hybridized carbons (Fsp3) is 0.588. The number of likely N-dealkylation sites (tertiary alicyclic amines) is 1. The minimum absolute atomic E-state index is 0.0814. The van der Waals surface area contributed by atoms with E-state index in [1.54, 1.807) is 0 Å². The molecule has 0 aliphatic carbocycles. The normalized spacial score (nSPS) is 20.2. The molecule has 116 valence electrons. The largest absolute Gasteiger partial charge is 0.398 e. The van der Waals surface area contributed by atoms with Gasteiger partial charge in [0.05, 0.1) is 5.56 Å². The quantitative estimate of drug-likeness (QED) is 0.802. The molecule has 1 aromatic carbocycles. The van der Waals surface area contributed by atoms with Crippen molar-refractivity contribution in [2.45, 2.75) is 40.0 Å². The number of carbonyl (C=O) groups is 1. The van der Waals surface area contributed by atoms with E-state index < -0.39 is 5.82 Å². The van der Waals surface area contributed by atoms with Gasteiger partial charge in [-0.05, 0) is 48.8 Å². The van der Waals surface area contributed by atoms with Crippen molar-refractivity contribution in [2.24, 2.45) is 11.3 Å². The Balaban J connectivity index is 2.10. The van der Waals surface area contributed by atoms with Crippen LogP contribution in [0.15, 0.2) is 18.2 Å². The molecule has 1 amide bonds. The van der Waals surface area contributed by atoms with Crippen molar-refractivity contribution in [1.82, 2.24) is 4.90 Å². The van der Waals surface area contributed by atoms with Crippen LogP contribution < -0.4 is 5.73 Å². The second-order valence-electron chi connectivity index (χ2n) is 7.02. The summed E-state index contributed by atoms with van der Waals surface area (Å²) in [6.07, 6.45) is 3.16. The van der Waals surface area contributed by atoms with Crippen molar-refractivity contribution >= 4 is 11.6 Å². The Morgan fingerprint density at radius 2 is 2.00 bits per heavy atom. The molecule has 2 rings (SSSR count). The molecule has 4 heteroatoms. The standard InChI is InChI=1S/C17H25FN2O/c1-17(2,3)12-5-4-9-20(10-8-12)16(21)14-7-6-13(18)11-15(14)19/h6-7,11-12H,4-5,8-10,19H2,1-3H3. The number of nitrogen functional groups attached to an aromatic ring is 1. The number of hydrogen-bond acceptors (Lipinski definition) is 2. The Kier molecular flexibility index (Phi) is 4.55. The monoisotopic (exact) mass is 292 g/mol. The molecule has 1 fully saturated rings. The van der Waals surface area contributed by atoms with E-state index in [4.69, 9.17) is 5.73 Å². The molecule has 0 saturated carbocycles. The Morgan fingerprint density at radius 1 is 1.29 bits per heavy atom. The number of nitrogens with two attached hydrogens (primary N) is 1. The molecular formula is C17H25FN2O. The number of carbonyl (C=O) groups excluding carboxylic acids is 1. The summed E-state index contributed by atoms with van der Waals surface area (Å²) in [6, 6.07) is 3.99. The third-order valence-electron chi connectivity index (χ3n) is 4.48. The molecule has 0 radical (unpaired) electrons. The highest BCUT2D eigenvalue weighted by Gasteiger charge is 2.29. The maximum atomic E-state index is 13.1. The molecule has 1 aromatic rings. The van der Waals surface area contributed by atoms with Crippen molar-refractivity contribution in [3.63, 3.8) is 0 Å². The minimum Gasteiger partial charge on any atom is -0.398 e. The van der Waals surface area contributed by atoms with Crippen LogP contribution in [0.5, 0.6) is 0 Å². The van der Waals surface area contributed by atoms with Gasteiger partial charge in [-0.25, -0.2) is 4.39 Å². The molecule has 2 N–H and O–H groups in total. The summed E-state index contributed by atoms with van der Waals surface area (Å²) in [4.78, 5) is 14.4. The zero-order valence-electron chi connectivity index (χ0n) is 13.2. The third-order valence-corrected chi connectivity index (χ3v) is 4.48. The van der Waals surface area contributed by atoms with Gasteiger partial charge >= 0.3 is 0 Å². The Labute approximate surface area is 126 Å². The highest BCUT2D eigenvalue weighted by atomic mass is 19.1. The number of amides is 1. The van der Waals surface area contributed by atoms with E-state index in [9.17, 15) is 9.18 Å². The van der Waals surface area contributed by atoms with Crippen LogP contribution in [0.1, 0.15) is 50.4 Å². The molecular weight excluding hydrogens is 267 g/mol. The predicted molar refractivity (Wildman–Crippen MR) is 83.5 cm³/mol. The number of hydrogen-bond donors (Lipinski definition) is 1. The summed E-state index contributed by atoms with van der Waals surface area (Å²) < 4.78 is 13.1. The van der Waals surface area contributed by atoms with Crippen LogP contribution in [-0.2, 0) is 0 Å². The van der Waals surface area contributed by atoms with E-state index in [-0.39, 0.29) is 17.0 Å². The molecule has 1 heterocycles. The number of nitrogens with zero attached hydrogens (tertiary/aromatic N) is 1. The van der Waals surface area contributed by atoms with Crippen LogP contribution in [0.4, 0.5) is 10.1 Å². The number of anilines is 1. The lowest BCUT2D eigenvalue weighted by atomic mass is 9.77. The van der Waals surface area contributed by atoms with Crippen LogP contribution >= 0.6 is 0 Å². The van der Waals surface area contributed by atoms with E-state index in [0.717, 1.165) is 32.4 Å². The van der Waals surface area contributed by atoms with Gasteiger partial charge in [-0.2, -0.15) is 0 Å². The van der Waals surface area contributed by atoms with E-state index >= 15 is 0 Å². The van der Waals surface area contributed by atoms with Crippen LogP contribution in [0.3, 0.4) is 0 Å². The van der Waals surface area contributed by atoms with Crippen LogP contribution in [0.25, 0.3) is 0 Å². The van der Waals surface area contributed by atoms with Crippen molar-refractivity contribution in [3.05, 3.63) is 29.6 Å². The molecule has 1 aliphatic rings. The van der Waals surface area contributed by atoms with Gasteiger partial charge in [0.25, 0.3) is 5.91 Å². The second kappa shape index (κ2) is 6.04. The molecule has 1 unspecified atom stereocenters. The van der Waals surface area contributed by atoms with Gasteiger partial charge in [0, 0.05) is 18.8 Å². The van der Waals surface area contributed by atoms with Crippen molar-refractivity contribution in [2.75, 3.05) is 18.8 Å². The molecule has 0 spiro atoms. The fourth-order valence-corrected chi connectivity index (χ4v) is 3.06. The Hall–Kier alpha value is -1.58. The topological polar surface area (TPSA) is 46.3 Å². The van der Waals surface area contributed by atoms with Gasteiger partial charge in [0.2, 0.25) is 0 Å². The van der Waals surface area contributed by atoms with Gasteiger partial charge in [-0.1, -0.05) is 20.8 Å². The first kappa shape index (κ1) is 15.8. The molecule has 1 saturated heterocycles. The first-order valence-corrected chi connectivity index (χ1v) is 7.63. The first-order chi connectivity index (χ1) is 9.79. The lowest BCUT2D eigenvalue weighted by Crippen LogP contribution is -2.33. The van der Waals surface area contributed by atoms with Gasteiger partial charge in [0.15, 0.2) is 0 Å². The Bertz CT molecular complexity index is 522. The smallest absolute Gasteiger partial charge is 0.255 e. The summed E-state index contributed by atoms with van der Waals surface area (Å²) in [5, 5.41) is 0. The van der Waals surface area contributed by atoms with Gasteiger partial charge in [-0.15, -0.1) is 0 Å². The lowest BCUT2D eigenvalue weighted by Gasteiger charge is -2.29. The number of halogens is 1. The summed E-state index contributed by atoms with van der Waals surface area (Å²) in [6.45, 7) is 8.27. The van der Waals surface area contributed by atoms with Crippen LogP contribution in [-0.4, -0.2) is 23.9 Å². The second-order valence-corrected chi connectivity index (χ2v) is 7.02. The third kappa shape index (κ3) is 3.74. The predicted octanol–water partition coefficient (Wildman–Crippen LogP) is 3.70. The highest BCUT2D eigenvalue weighted by Crippen LogP contribution is 2.34. The molecule has 0 bridgehead atoms. The summed E-state index contributed by atoms with van der Waals surface area (Å²) >= 11 is 0. The Morgan fingerprint density at radius 3 is 2.62 bits per heavy atom. The maximum absolute atomic E-state index is 13.1. The molecule has 21 heavy (non-hydrogen) atoms. The average molecular weight is 292 g/mol. The van der Waals surface area contributed by atoms with E-state index in [1.165, 1.54) is 18.2 Å². The zero-order valence-corrected chi connectivity index (χ0v) is 13.2. The SMILES string of the molecule is CC(C)(C)C1CCCN(C(=O)c2ccc(F)cc2N)CC1. The summed E-state index contributed by atoms with van der Waals surface area (Å²) in [5.74, 6) is 0.135. The fourth-order valence-electron chi connectivity index (χ4n) is 3.06. The highest BCUT2D eigenvalue weighted by molar-refractivity contribution is 5.99. The van der Waals surface area contributed by atoms with Crippen molar-refractivity contribution in [1.29, 1.82) is 0 Å².